The van der Waals surface area contributed by atoms with Crippen LogP contribution in [-0.4, -0.2) is 40.8 Å². The van der Waals surface area contributed by atoms with Gasteiger partial charge in [-0.2, -0.15) is 0 Å². The lowest BCUT2D eigenvalue weighted by Crippen LogP contribution is -2.33. The Labute approximate surface area is 178 Å². The molecule has 1 saturated carbocycles. The molecule has 29 heavy (non-hydrogen) atoms. The Morgan fingerprint density at radius 1 is 1.14 bits per heavy atom. The van der Waals surface area contributed by atoms with Gasteiger partial charge in [-0.05, 0) is 88.1 Å². The van der Waals surface area contributed by atoms with E-state index in [0.717, 1.165) is 74.5 Å². The molecular formula is C23H31ClN4O. The van der Waals surface area contributed by atoms with Crippen molar-refractivity contribution in [2.75, 3.05) is 25.0 Å². The number of hydrogen-bond donors (Lipinski definition) is 3. The topological polar surface area (TPSA) is 70.1 Å². The van der Waals surface area contributed by atoms with E-state index in [1.807, 2.05) is 18.2 Å². The van der Waals surface area contributed by atoms with Crippen LogP contribution in [0.3, 0.4) is 0 Å². The van der Waals surface area contributed by atoms with Gasteiger partial charge in [-0.15, -0.1) is 0 Å². The SMILES string of the molecule is OC1CCC(Cc2cc(-c3cccc(NC[C@@H]4CCCNC4)n3)c(Cl)cn2)CC1. The van der Waals surface area contributed by atoms with Crippen LogP contribution >= 0.6 is 11.6 Å². The second-order valence-electron chi connectivity index (χ2n) is 8.54. The third-order valence-electron chi connectivity index (χ3n) is 6.22. The highest BCUT2D eigenvalue weighted by molar-refractivity contribution is 6.33. The highest BCUT2D eigenvalue weighted by Gasteiger charge is 2.20. The third kappa shape index (κ3) is 5.68. The molecule has 4 rings (SSSR count). The van der Waals surface area contributed by atoms with Gasteiger partial charge in [0.1, 0.15) is 5.82 Å². The average Bonchev–Trinajstić information content (AvgIpc) is 2.76. The van der Waals surface area contributed by atoms with Gasteiger partial charge in [-0.3, -0.25) is 4.98 Å². The first-order valence-corrected chi connectivity index (χ1v) is 11.3. The van der Waals surface area contributed by atoms with Gasteiger partial charge in [0, 0.05) is 24.0 Å². The molecule has 3 N–H and O–H groups in total. The van der Waals surface area contributed by atoms with Crippen molar-refractivity contribution in [3.05, 3.63) is 41.2 Å². The number of aliphatic hydroxyl groups excluding tert-OH is 1. The number of nitrogens with one attached hydrogen (secondary N) is 2. The molecule has 0 bridgehead atoms. The molecule has 2 aromatic heterocycles. The molecule has 2 fully saturated rings. The van der Waals surface area contributed by atoms with E-state index in [-0.39, 0.29) is 6.10 Å². The molecule has 1 aliphatic heterocycles. The van der Waals surface area contributed by atoms with Crippen LogP contribution in [-0.2, 0) is 6.42 Å². The molecule has 3 heterocycles. The summed E-state index contributed by atoms with van der Waals surface area (Å²) in [4.78, 5) is 9.36. The molecular weight excluding hydrogens is 384 g/mol. The van der Waals surface area contributed by atoms with Crippen LogP contribution in [0.4, 0.5) is 5.82 Å². The van der Waals surface area contributed by atoms with Crippen molar-refractivity contribution < 1.29 is 5.11 Å². The summed E-state index contributed by atoms with van der Waals surface area (Å²) in [7, 11) is 0. The molecule has 1 aliphatic carbocycles. The Hall–Kier alpha value is -1.69. The van der Waals surface area contributed by atoms with Gasteiger partial charge in [-0.1, -0.05) is 17.7 Å². The molecule has 6 heteroatoms. The van der Waals surface area contributed by atoms with Gasteiger partial charge in [0.05, 0.1) is 16.8 Å². The summed E-state index contributed by atoms with van der Waals surface area (Å²) in [6.45, 7) is 3.14. The number of aromatic nitrogens is 2. The standard InChI is InChI=1S/C23H31ClN4O/c24-21-15-26-18(11-16-6-8-19(29)9-7-16)12-20(21)22-4-1-5-23(28-22)27-14-17-3-2-10-25-13-17/h1,4-5,12,15-17,19,25,29H,2-3,6-11,13-14H2,(H,27,28)/t16?,17-,19?/m1/s1. The largest absolute Gasteiger partial charge is 0.393 e. The van der Waals surface area contributed by atoms with E-state index in [9.17, 15) is 5.11 Å². The summed E-state index contributed by atoms with van der Waals surface area (Å²) >= 11 is 6.48. The van der Waals surface area contributed by atoms with E-state index in [4.69, 9.17) is 16.6 Å². The second kappa shape index (κ2) is 9.88. The van der Waals surface area contributed by atoms with Crippen LogP contribution < -0.4 is 10.6 Å². The summed E-state index contributed by atoms with van der Waals surface area (Å²) in [6.07, 6.45) is 9.00. The van der Waals surface area contributed by atoms with Crippen LogP contribution in [0.5, 0.6) is 0 Å². The number of piperidine rings is 1. The quantitative estimate of drug-likeness (QED) is 0.657. The molecule has 0 amide bonds. The van der Waals surface area contributed by atoms with Gasteiger partial charge in [0.25, 0.3) is 0 Å². The first-order chi connectivity index (χ1) is 14.2. The first-order valence-electron chi connectivity index (χ1n) is 10.9. The zero-order valence-electron chi connectivity index (χ0n) is 16.9. The lowest BCUT2D eigenvalue weighted by atomic mass is 9.84. The number of rotatable bonds is 6. The van der Waals surface area contributed by atoms with Crippen molar-refractivity contribution in [1.82, 2.24) is 15.3 Å². The van der Waals surface area contributed by atoms with Crippen LogP contribution in [0.15, 0.2) is 30.5 Å². The van der Waals surface area contributed by atoms with Crippen molar-refractivity contribution in [2.24, 2.45) is 11.8 Å². The van der Waals surface area contributed by atoms with E-state index < -0.39 is 0 Å². The first kappa shape index (κ1) is 20.6. The van der Waals surface area contributed by atoms with E-state index in [2.05, 4.69) is 21.7 Å². The Balaban J connectivity index is 1.44. The molecule has 1 atom stereocenters. The monoisotopic (exact) mass is 414 g/mol. The summed E-state index contributed by atoms with van der Waals surface area (Å²) in [5, 5.41) is 17.3. The minimum atomic E-state index is -0.121. The lowest BCUT2D eigenvalue weighted by molar-refractivity contribution is 0.108. The van der Waals surface area contributed by atoms with E-state index in [0.29, 0.717) is 16.9 Å². The molecule has 0 spiro atoms. The number of nitrogens with zero attached hydrogens (tertiary/aromatic N) is 2. The Bertz CT molecular complexity index is 801. The Morgan fingerprint density at radius 2 is 2.00 bits per heavy atom. The predicted molar refractivity (Wildman–Crippen MR) is 118 cm³/mol. The second-order valence-corrected chi connectivity index (χ2v) is 8.94. The number of halogens is 1. The van der Waals surface area contributed by atoms with Crippen LogP contribution in [0.25, 0.3) is 11.3 Å². The fourth-order valence-corrected chi connectivity index (χ4v) is 4.67. The van der Waals surface area contributed by atoms with Gasteiger partial charge < -0.3 is 15.7 Å². The minimum Gasteiger partial charge on any atom is -0.393 e. The molecule has 0 radical (unpaired) electrons. The molecule has 0 aromatic carbocycles. The maximum absolute atomic E-state index is 9.72. The zero-order valence-corrected chi connectivity index (χ0v) is 17.7. The average molecular weight is 415 g/mol. The summed E-state index contributed by atoms with van der Waals surface area (Å²) in [6, 6.07) is 8.14. The van der Waals surface area contributed by atoms with E-state index >= 15 is 0 Å². The maximum Gasteiger partial charge on any atom is 0.126 e. The fourth-order valence-electron chi connectivity index (χ4n) is 4.46. The summed E-state index contributed by atoms with van der Waals surface area (Å²) < 4.78 is 0. The Kier molecular flexibility index (Phi) is 7.01. The minimum absolute atomic E-state index is 0.121. The fraction of sp³-hybridized carbons (Fsp3) is 0.565. The third-order valence-corrected chi connectivity index (χ3v) is 6.52. The number of pyridine rings is 2. The van der Waals surface area contributed by atoms with Crippen LogP contribution in [0.1, 0.15) is 44.2 Å². The lowest BCUT2D eigenvalue weighted by Gasteiger charge is -2.25. The van der Waals surface area contributed by atoms with E-state index in [1.165, 1.54) is 12.8 Å². The van der Waals surface area contributed by atoms with Crippen molar-refractivity contribution in [2.45, 2.75) is 51.0 Å². The van der Waals surface area contributed by atoms with Gasteiger partial charge in [0.2, 0.25) is 0 Å². The van der Waals surface area contributed by atoms with Crippen molar-refractivity contribution in [3.8, 4) is 11.3 Å². The van der Waals surface area contributed by atoms with E-state index in [1.54, 1.807) is 6.20 Å². The van der Waals surface area contributed by atoms with Crippen molar-refractivity contribution in [1.29, 1.82) is 0 Å². The van der Waals surface area contributed by atoms with Gasteiger partial charge in [0.15, 0.2) is 0 Å². The predicted octanol–water partition coefficient (Wildman–Crippen LogP) is 4.30. The van der Waals surface area contributed by atoms with Crippen LogP contribution in [0, 0.1) is 11.8 Å². The molecule has 2 aromatic rings. The number of anilines is 1. The molecule has 5 nitrogen and oxygen atoms in total. The van der Waals surface area contributed by atoms with Crippen LogP contribution in [0.2, 0.25) is 5.02 Å². The van der Waals surface area contributed by atoms with Crippen molar-refractivity contribution in [3.63, 3.8) is 0 Å². The smallest absolute Gasteiger partial charge is 0.126 e. The van der Waals surface area contributed by atoms with Crippen molar-refractivity contribution >= 4 is 17.4 Å². The van der Waals surface area contributed by atoms with Gasteiger partial charge >= 0.3 is 0 Å². The highest BCUT2D eigenvalue weighted by atomic mass is 35.5. The van der Waals surface area contributed by atoms with Gasteiger partial charge in [-0.25, -0.2) is 4.98 Å². The molecule has 2 aliphatic rings. The summed E-state index contributed by atoms with van der Waals surface area (Å²) in [5.41, 5.74) is 2.87. The number of aliphatic hydroxyl groups is 1. The highest BCUT2D eigenvalue weighted by Crippen LogP contribution is 2.31. The number of hydrogen-bond acceptors (Lipinski definition) is 5. The maximum atomic E-state index is 9.72. The zero-order chi connectivity index (χ0) is 20.1. The molecule has 1 saturated heterocycles. The molecule has 0 unspecified atom stereocenters. The Morgan fingerprint density at radius 3 is 2.79 bits per heavy atom. The molecule has 156 valence electrons. The summed E-state index contributed by atoms with van der Waals surface area (Å²) in [5.74, 6) is 2.13. The normalized spacial score (nSPS) is 25.0.